The SMILES string of the molecule is CCC(O)C(C)c1ccc(C)c(C)c1. The van der Waals surface area contributed by atoms with E-state index in [4.69, 9.17) is 0 Å². The molecule has 0 radical (unpaired) electrons. The molecule has 0 heterocycles. The van der Waals surface area contributed by atoms with Crippen molar-refractivity contribution in [2.24, 2.45) is 0 Å². The summed E-state index contributed by atoms with van der Waals surface area (Å²) in [4.78, 5) is 0. The molecule has 0 aliphatic heterocycles. The zero-order chi connectivity index (χ0) is 10.7. The van der Waals surface area contributed by atoms with Crippen molar-refractivity contribution in [3.8, 4) is 0 Å². The third-order valence-electron chi connectivity index (χ3n) is 3.05. The van der Waals surface area contributed by atoms with E-state index in [1.54, 1.807) is 0 Å². The van der Waals surface area contributed by atoms with E-state index in [1.165, 1.54) is 16.7 Å². The Kier molecular flexibility index (Phi) is 3.70. The third-order valence-corrected chi connectivity index (χ3v) is 3.05. The van der Waals surface area contributed by atoms with Crippen molar-refractivity contribution in [2.45, 2.75) is 46.1 Å². The molecule has 0 aliphatic carbocycles. The summed E-state index contributed by atoms with van der Waals surface area (Å²) in [6, 6.07) is 6.42. The van der Waals surface area contributed by atoms with E-state index in [0.29, 0.717) is 0 Å². The summed E-state index contributed by atoms with van der Waals surface area (Å²) in [5.74, 6) is 0.235. The minimum absolute atomic E-state index is 0.225. The summed E-state index contributed by atoms with van der Waals surface area (Å²) in [5.41, 5.74) is 3.85. The Morgan fingerprint density at radius 1 is 1.21 bits per heavy atom. The van der Waals surface area contributed by atoms with Crippen molar-refractivity contribution in [3.63, 3.8) is 0 Å². The van der Waals surface area contributed by atoms with Gasteiger partial charge in [0, 0.05) is 5.92 Å². The smallest absolute Gasteiger partial charge is 0.0603 e. The maximum atomic E-state index is 9.74. The fourth-order valence-electron chi connectivity index (χ4n) is 1.62. The van der Waals surface area contributed by atoms with Gasteiger partial charge in [0.1, 0.15) is 0 Å². The van der Waals surface area contributed by atoms with Gasteiger partial charge >= 0.3 is 0 Å². The van der Waals surface area contributed by atoms with Crippen LogP contribution in [-0.2, 0) is 0 Å². The van der Waals surface area contributed by atoms with Crippen molar-refractivity contribution in [3.05, 3.63) is 34.9 Å². The number of aliphatic hydroxyl groups is 1. The molecule has 0 saturated heterocycles. The first-order valence-electron chi connectivity index (χ1n) is 5.31. The molecular weight excluding hydrogens is 172 g/mol. The van der Waals surface area contributed by atoms with Gasteiger partial charge in [-0.1, -0.05) is 32.0 Å². The molecule has 14 heavy (non-hydrogen) atoms. The fraction of sp³-hybridized carbons (Fsp3) is 0.538. The number of hydrogen-bond acceptors (Lipinski definition) is 1. The fourth-order valence-corrected chi connectivity index (χ4v) is 1.62. The summed E-state index contributed by atoms with van der Waals surface area (Å²) < 4.78 is 0. The lowest BCUT2D eigenvalue weighted by atomic mass is 9.92. The second-order valence-corrected chi connectivity index (χ2v) is 4.11. The van der Waals surface area contributed by atoms with Gasteiger partial charge in [0.05, 0.1) is 6.10 Å². The second kappa shape index (κ2) is 4.61. The molecule has 1 aromatic carbocycles. The van der Waals surface area contributed by atoms with Gasteiger partial charge in [0.15, 0.2) is 0 Å². The molecule has 78 valence electrons. The minimum atomic E-state index is -0.225. The third kappa shape index (κ3) is 2.36. The highest BCUT2D eigenvalue weighted by atomic mass is 16.3. The molecule has 1 heteroatoms. The zero-order valence-electron chi connectivity index (χ0n) is 9.54. The predicted octanol–water partition coefficient (Wildman–Crippen LogP) is 3.18. The Balaban J connectivity index is 2.91. The van der Waals surface area contributed by atoms with Crippen LogP contribution in [0.15, 0.2) is 18.2 Å². The summed E-state index contributed by atoms with van der Waals surface area (Å²) in [6.45, 7) is 8.32. The van der Waals surface area contributed by atoms with Crippen molar-refractivity contribution < 1.29 is 5.11 Å². The standard InChI is InChI=1S/C13H20O/c1-5-13(14)11(4)12-7-6-9(2)10(3)8-12/h6-8,11,13-14H,5H2,1-4H3. The van der Waals surface area contributed by atoms with Crippen LogP contribution in [0, 0.1) is 13.8 Å². The molecule has 0 amide bonds. The molecule has 1 N–H and O–H groups in total. The Morgan fingerprint density at radius 3 is 2.36 bits per heavy atom. The van der Waals surface area contributed by atoms with Crippen LogP contribution in [0.2, 0.25) is 0 Å². The van der Waals surface area contributed by atoms with Crippen molar-refractivity contribution in [2.75, 3.05) is 0 Å². The van der Waals surface area contributed by atoms with Crippen LogP contribution in [-0.4, -0.2) is 11.2 Å². The van der Waals surface area contributed by atoms with E-state index in [0.717, 1.165) is 6.42 Å². The Bertz CT molecular complexity index is 304. The van der Waals surface area contributed by atoms with Gasteiger partial charge in [-0.15, -0.1) is 0 Å². The average molecular weight is 192 g/mol. The van der Waals surface area contributed by atoms with E-state index in [2.05, 4.69) is 39.0 Å². The molecule has 1 rings (SSSR count). The topological polar surface area (TPSA) is 20.2 Å². The van der Waals surface area contributed by atoms with Crippen molar-refractivity contribution >= 4 is 0 Å². The summed E-state index contributed by atoms with van der Waals surface area (Å²) in [6.07, 6.45) is 0.589. The van der Waals surface area contributed by atoms with E-state index in [1.807, 2.05) is 6.92 Å². The Hall–Kier alpha value is -0.820. The maximum Gasteiger partial charge on any atom is 0.0603 e. The van der Waals surface area contributed by atoms with Gasteiger partial charge in [0.25, 0.3) is 0 Å². The Morgan fingerprint density at radius 2 is 1.86 bits per heavy atom. The molecule has 0 saturated carbocycles. The normalized spacial score (nSPS) is 15.2. The molecule has 0 aromatic heterocycles. The number of rotatable bonds is 3. The molecule has 0 aliphatic rings. The van der Waals surface area contributed by atoms with E-state index < -0.39 is 0 Å². The summed E-state index contributed by atoms with van der Waals surface area (Å²) in [5, 5.41) is 9.74. The van der Waals surface area contributed by atoms with Crippen LogP contribution in [0.4, 0.5) is 0 Å². The van der Waals surface area contributed by atoms with Crippen molar-refractivity contribution in [1.82, 2.24) is 0 Å². The molecule has 2 unspecified atom stereocenters. The largest absolute Gasteiger partial charge is 0.393 e. The highest BCUT2D eigenvalue weighted by Gasteiger charge is 2.14. The van der Waals surface area contributed by atoms with E-state index >= 15 is 0 Å². The highest BCUT2D eigenvalue weighted by molar-refractivity contribution is 5.32. The lowest BCUT2D eigenvalue weighted by Gasteiger charge is -2.18. The maximum absolute atomic E-state index is 9.74. The van der Waals surface area contributed by atoms with Gasteiger partial charge in [-0.2, -0.15) is 0 Å². The summed E-state index contributed by atoms with van der Waals surface area (Å²) in [7, 11) is 0. The zero-order valence-corrected chi connectivity index (χ0v) is 9.54. The molecule has 0 spiro atoms. The lowest BCUT2D eigenvalue weighted by Crippen LogP contribution is -2.14. The first kappa shape index (κ1) is 11.3. The number of benzene rings is 1. The van der Waals surface area contributed by atoms with Crippen LogP contribution < -0.4 is 0 Å². The quantitative estimate of drug-likeness (QED) is 0.780. The first-order valence-corrected chi connectivity index (χ1v) is 5.31. The number of hydrogen-bond donors (Lipinski definition) is 1. The van der Waals surface area contributed by atoms with Crippen LogP contribution in [0.3, 0.4) is 0 Å². The predicted molar refractivity (Wildman–Crippen MR) is 60.6 cm³/mol. The van der Waals surface area contributed by atoms with E-state index in [-0.39, 0.29) is 12.0 Å². The molecular formula is C13H20O. The van der Waals surface area contributed by atoms with E-state index in [9.17, 15) is 5.11 Å². The van der Waals surface area contributed by atoms with Gasteiger partial charge in [-0.05, 0) is 37.0 Å². The van der Waals surface area contributed by atoms with Gasteiger partial charge in [0.2, 0.25) is 0 Å². The first-order chi connectivity index (χ1) is 6.56. The van der Waals surface area contributed by atoms with Gasteiger partial charge < -0.3 is 5.11 Å². The van der Waals surface area contributed by atoms with Crippen LogP contribution >= 0.6 is 0 Å². The van der Waals surface area contributed by atoms with Gasteiger partial charge in [-0.3, -0.25) is 0 Å². The number of aryl methyl sites for hydroxylation is 2. The summed E-state index contributed by atoms with van der Waals surface area (Å²) >= 11 is 0. The van der Waals surface area contributed by atoms with Crippen LogP contribution in [0.1, 0.15) is 42.9 Å². The Labute approximate surface area is 86.8 Å². The average Bonchev–Trinajstić information content (AvgIpc) is 2.20. The molecule has 2 atom stereocenters. The van der Waals surface area contributed by atoms with Gasteiger partial charge in [-0.25, -0.2) is 0 Å². The number of aliphatic hydroxyl groups excluding tert-OH is 1. The molecule has 1 nitrogen and oxygen atoms in total. The molecule has 1 aromatic rings. The lowest BCUT2D eigenvalue weighted by molar-refractivity contribution is 0.145. The monoisotopic (exact) mass is 192 g/mol. The van der Waals surface area contributed by atoms with Crippen LogP contribution in [0.25, 0.3) is 0 Å². The molecule has 0 fully saturated rings. The highest BCUT2D eigenvalue weighted by Crippen LogP contribution is 2.23. The minimum Gasteiger partial charge on any atom is -0.393 e. The van der Waals surface area contributed by atoms with Crippen LogP contribution in [0.5, 0.6) is 0 Å². The second-order valence-electron chi connectivity index (χ2n) is 4.11. The molecule has 0 bridgehead atoms. The van der Waals surface area contributed by atoms with Crippen molar-refractivity contribution in [1.29, 1.82) is 0 Å².